The largest absolute Gasteiger partial charge is 0.478 e. The lowest BCUT2D eigenvalue weighted by Gasteiger charge is -2.11. The lowest BCUT2D eigenvalue weighted by molar-refractivity contribution is -0.167. The molecule has 0 amide bonds. The molecule has 0 aromatic rings. The first-order valence-electron chi connectivity index (χ1n) is 5.03. The molecule has 0 unspecified atom stereocenters. The molecular formula is C10H16O6. The van der Waals surface area contributed by atoms with E-state index in [1.54, 1.807) is 0 Å². The molecule has 6 nitrogen and oxygen atoms in total. The summed E-state index contributed by atoms with van der Waals surface area (Å²) in [5, 5.41) is 8.66. The van der Waals surface area contributed by atoms with Crippen molar-refractivity contribution in [3.63, 3.8) is 0 Å². The Hall–Kier alpha value is -1.59. The number of carbonyl (C=O) groups is 3. The third-order valence-electron chi connectivity index (χ3n) is 1.70. The molecule has 0 aliphatic carbocycles. The normalized spacial score (nSPS) is 11.6. The van der Waals surface area contributed by atoms with Gasteiger partial charge in [0.15, 0.2) is 0 Å². The van der Waals surface area contributed by atoms with Crippen LogP contribution in [0.3, 0.4) is 0 Å². The standard InChI is InChI=1S/C10H16O6/c1-3-4-5-15-9(12)6-8(10(13)14)16-7(2)11/h8H,3-6H2,1-2H3,(H,13,14)/t8-/m1/s1. The summed E-state index contributed by atoms with van der Waals surface area (Å²) >= 11 is 0. The van der Waals surface area contributed by atoms with Crippen molar-refractivity contribution in [1.29, 1.82) is 0 Å². The molecule has 0 spiro atoms. The fraction of sp³-hybridized carbons (Fsp3) is 0.700. The summed E-state index contributed by atoms with van der Waals surface area (Å²) in [5.74, 6) is -2.78. The van der Waals surface area contributed by atoms with Gasteiger partial charge in [0.05, 0.1) is 13.0 Å². The molecule has 0 aliphatic rings. The maximum Gasteiger partial charge on any atom is 0.345 e. The Labute approximate surface area is 93.5 Å². The summed E-state index contributed by atoms with van der Waals surface area (Å²) in [6, 6.07) is 0. The molecule has 0 aromatic carbocycles. The number of carboxylic acids is 1. The highest BCUT2D eigenvalue weighted by molar-refractivity contribution is 5.82. The van der Waals surface area contributed by atoms with Crippen molar-refractivity contribution in [2.45, 2.75) is 39.2 Å². The molecule has 1 atom stereocenters. The van der Waals surface area contributed by atoms with Crippen molar-refractivity contribution in [3.05, 3.63) is 0 Å². The quantitative estimate of drug-likeness (QED) is 0.514. The number of unbranched alkanes of at least 4 members (excludes halogenated alkanes) is 1. The first kappa shape index (κ1) is 14.4. The van der Waals surface area contributed by atoms with Gasteiger partial charge in [-0.05, 0) is 6.42 Å². The number of aliphatic carboxylic acids is 1. The van der Waals surface area contributed by atoms with Crippen molar-refractivity contribution in [1.82, 2.24) is 0 Å². The lowest BCUT2D eigenvalue weighted by atomic mass is 10.2. The number of carbonyl (C=O) groups excluding carboxylic acids is 2. The second kappa shape index (κ2) is 7.67. The van der Waals surface area contributed by atoms with Gasteiger partial charge in [-0.3, -0.25) is 9.59 Å². The van der Waals surface area contributed by atoms with E-state index >= 15 is 0 Å². The number of hydrogen-bond acceptors (Lipinski definition) is 5. The molecule has 0 saturated heterocycles. The van der Waals surface area contributed by atoms with Crippen LogP contribution in [0, 0.1) is 0 Å². The smallest absolute Gasteiger partial charge is 0.345 e. The van der Waals surface area contributed by atoms with Gasteiger partial charge in [0, 0.05) is 6.92 Å². The Morgan fingerprint density at radius 1 is 1.31 bits per heavy atom. The van der Waals surface area contributed by atoms with E-state index in [0.29, 0.717) is 0 Å². The molecule has 0 aliphatic heterocycles. The van der Waals surface area contributed by atoms with E-state index in [4.69, 9.17) is 9.84 Å². The van der Waals surface area contributed by atoms with Crippen LogP contribution in [-0.2, 0) is 23.9 Å². The zero-order valence-corrected chi connectivity index (χ0v) is 9.39. The Kier molecular flexibility index (Phi) is 6.91. The van der Waals surface area contributed by atoms with E-state index in [1.165, 1.54) is 0 Å². The fourth-order valence-electron chi connectivity index (χ4n) is 0.920. The molecule has 6 heteroatoms. The topological polar surface area (TPSA) is 89.9 Å². The van der Waals surface area contributed by atoms with Gasteiger partial charge in [0.2, 0.25) is 6.10 Å². The van der Waals surface area contributed by atoms with Gasteiger partial charge >= 0.3 is 17.9 Å². The molecule has 0 saturated carbocycles. The number of esters is 2. The van der Waals surface area contributed by atoms with E-state index in [1.807, 2.05) is 6.92 Å². The summed E-state index contributed by atoms with van der Waals surface area (Å²) in [4.78, 5) is 32.3. The molecule has 92 valence electrons. The summed E-state index contributed by atoms with van der Waals surface area (Å²) in [7, 11) is 0. The van der Waals surface area contributed by atoms with E-state index < -0.39 is 30.4 Å². The molecule has 16 heavy (non-hydrogen) atoms. The Morgan fingerprint density at radius 3 is 2.38 bits per heavy atom. The molecule has 0 radical (unpaired) electrons. The molecule has 0 heterocycles. The van der Waals surface area contributed by atoms with Gasteiger partial charge in [-0.25, -0.2) is 4.79 Å². The summed E-state index contributed by atoms with van der Waals surface area (Å²) in [5.41, 5.74) is 0. The first-order valence-corrected chi connectivity index (χ1v) is 5.03. The second-order valence-electron chi connectivity index (χ2n) is 3.21. The second-order valence-corrected chi connectivity index (χ2v) is 3.21. The number of carboxylic acid groups (broad SMARTS) is 1. The van der Waals surface area contributed by atoms with E-state index in [-0.39, 0.29) is 6.61 Å². The van der Waals surface area contributed by atoms with Crippen LogP contribution in [0.5, 0.6) is 0 Å². The SMILES string of the molecule is CCCCOC(=O)C[C@@H](OC(C)=O)C(=O)O. The van der Waals surface area contributed by atoms with Crippen molar-refractivity contribution in [3.8, 4) is 0 Å². The van der Waals surface area contributed by atoms with Gasteiger partial charge in [0.25, 0.3) is 0 Å². The number of ether oxygens (including phenoxy) is 2. The predicted octanol–water partition coefficient (Wildman–Crippen LogP) is 0.736. The number of hydrogen-bond donors (Lipinski definition) is 1. The third-order valence-corrected chi connectivity index (χ3v) is 1.70. The van der Waals surface area contributed by atoms with Crippen molar-refractivity contribution in [2.24, 2.45) is 0 Å². The summed E-state index contributed by atoms with van der Waals surface area (Å²) in [6.45, 7) is 3.27. The maximum atomic E-state index is 11.1. The van der Waals surface area contributed by atoms with Crippen LogP contribution in [0.1, 0.15) is 33.1 Å². The minimum Gasteiger partial charge on any atom is -0.478 e. The van der Waals surface area contributed by atoms with Crippen LogP contribution in [0.4, 0.5) is 0 Å². The first-order chi connectivity index (χ1) is 7.47. The Bertz CT molecular complexity index is 260. The number of rotatable bonds is 7. The summed E-state index contributed by atoms with van der Waals surface area (Å²) < 4.78 is 9.20. The van der Waals surface area contributed by atoms with Gasteiger partial charge in [-0.2, -0.15) is 0 Å². The fourth-order valence-corrected chi connectivity index (χ4v) is 0.920. The highest BCUT2D eigenvalue weighted by atomic mass is 16.6. The van der Waals surface area contributed by atoms with Crippen LogP contribution in [-0.4, -0.2) is 35.7 Å². The highest BCUT2D eigenvalue weighted by Crippen LogP contribution is 2.02. The van der Waals surface area contributed by atoms with Gasteiger partial charge in [-0.1, -0.05) is 13.3 Å². The molecule has 0 rings (SSSR count). The molecule has 0 aromatic heterocycles. The monoisotopic (exact) mass is 232 g/mol. The van der Waals surface area contributed by atoms with Crippen LogP contribution in [0.2, 0.25) is 0 Å². The van der Waals surface area contributed by atoms with Crippen molar-refractivity contribution < 1.29 is 29.0 Å². The maximum absolute atomic E-state index is 11.1. The summed E-state index contributed by atoms with van der Waals surface area (Å²) in [6.07, 6.45) is -0.332. The van der Waals surface area contributed by atoms with Crippen molar-refractivity contribution >= 4 is 17.9 Å². The predicted molar refractivity (Wildman–Crippen MR) is 53.7 cm³/mol. The molecule has 0 bridgehead atoms. The van der Waals surface area contributed by atoms with Crippen molar-refractivity contribution in [2.75, 3.05) is 6.61 Å². The van der Waals surface area contributed by atoms with E-state index in [0.717, 1.165) is 19.8 Å². The van der Waals surface area contributed by atoms with E-state index in [9.17, 15) is 14.4 Å². The minimum absolute atomic E-state index is 0.252. The Balaban J connectivity index is 4.03. The van der Waals surface area contributed by atoms with Crippen LogP contribution >= 0.6 is 0 Å². The zero-order valence-electron chi connectivity index (χ0n) is 9.39. The van der Waals surface area contributed by atoms with Crippen LogP contribution < -0.4 is 0 Å². The average Bonchev–Trinajstić information content (AvgIpc) is 2.16. The minimum atomic E-state index is -1.47. The molecular weight excluding hydrogens is 216 g/mol. The van der Waals surface area contributed by atoms with Crippen LogP contribution in [0.15, 0.2) is 0 Å². The van der Waals surface area contributed by atoms with Gasteiger partial charge < -0.3 is 14.6 Å². The Morgan fingerprint density at radius 2 is 1.94 bits per heavy atom. The third kappa shape index (κ3) is 6.80. The van der Waals surface area contributed by atoms with Gasteiger partial charge in [-0.15, -0.1) is 0 Å². The zero-order chi connectivity index (χ0) is 12.6. The van der Waals surface area contributed by atoms with Crippen LogP contribution in [0.25, 0.3) is 0 Å². The van der Waals surface area contributed by atoms with E-state index in [2.05, 4.69) is 4.74 Å². The average molecular weight is 232 g/mol. The highest BCUT2D eigenvalue weighted by Gasteiger charge is 2.24. The molecule has 0 fully saturated rings. The lowest BCUT2D eigenvalue weighted by Crippen LogP contribution is -2.29. The molecule has 1 N–H and O–H groups in total. The van der Waals surface area contributed by atoms with Gasteiger partial charge in [0.1, 0.15) is 0 Å².